The number of thioether (sulfide) groups is 1. The lowest BCUT2D eigenvalue weighted by atomic mass is 10.1. The molecule has 0 heterocycles. The zero-order valence-electron chi connectivity index (χ0n) is 16.0. The lowest BCUT2D eigenvalue weighted by Crippen LogP contribution is -2.34. The Bertz CT molecular complexity index is 827. The van der Waals surface area contributed by atoms with Crippen LogP contribution in [0.2, 0.25) is 0 Å². The number of carbonyl (C=O) groups is 1. The molecule has 0 aromatic heterocycles. The third kappa shape index (κ3) is 5.17. The summed E-state index contributed by atoms with van der Waals surface area (Å²) in [6.45, 7) is 2.14. The van der Waals surface area contributed by atoms with Crippen molar-refractivity contribution in [1.82, 2.24) is 0 Å². The van der Waals surface area contributed by atoms with Crippen molar-refractivity contribution in [2.75, 3.05) is 4.90 Å². The number of benzene rings is 3. The molecule has 0 spiro atoms. The van der Waals surface area contributed by atoms with Gasteiger partial charge in [0.1, 0.15) is 5.75 Å². The highest BCUT2D eigenvalue weighted by atomic mass is 32.2. The predicted molar refractivity (Wildman–Crippen MR) is 117 cm³/mol. The summed E-state index contributed by atoms with van der Waals surface area (Å²) in [6, 6.07) is 26.6. The minimum atomic E-state index is -0.204. The fraction of sp³-hybridized carbons (Fsp3) is 0.208. The van der Waals surface area contributed by atoms with Gasteiger partial charge in [0.2, 0.25) is 5.91 Å². The van der Waals surface area contributed by atoms with E-state index in [9.17, 15) is 9.90 Å². The molecular weight excluding hydrogens is 366 g/mol. The van der Waals surface area contributed by atoms with Crippen LogP contribution in [0.15, 0.2) is 89.8 Å². The van der Waals surface area contributed by atoms with Crippen LogP contribution in [0, 0.1) is 0 Å². The fourth-order valence-electron chi connectivity index (χ4n) is 3.01. The van der Waals surface area contributed by atoms with Gasteiger partial charge >= 0.3 is 0 Å². The number of para-hydroxylation sites is 2. The standard InChI is InChI=1S/C24H25NO2S/c1-2-3-14-23(28-22-17-15-21(26)16-18-22)24(27)25(19-10-6-4-7-11-19)20-12-8-5-9-13-20/h4-13,15-18,23,26H,2-3,14H2,1H3. The molecule has 0 aliphatic heterocycles. The molecule has 0 aliphatic carbocycles. The Morgan fingerprint density at radius 3 is 1.93 bits per heavy atom. The molecule has 0 saturated heterocycles. The molecule has 1 N–H and O–H groups in total. The van der Waals surface area contributed by atoms with E-state index >= 15 is 0 Å². The first kappa shape index (κ1) is 20.0. The number of aromatic hydroxyl groups is 1. The third-order valence-electron chi connectivity index (χ3n) is 4.46. The number of carbonyl (C=O) groups excluding carboxylic acids is 1. The van der Waals surface area contributed by atoms with Gasteiger partial charge in [0, 0.05) is 16.3 Å². The monoisotopic (exact) mass is 391 g/mol. The smallest absolute Gasteiger partial charge is 0.245 e. The molecule has 3 aromatic rings. The highest BCUT2D eigenvalue weighted by molar-refractivity contribution is 8.00. The van der Waals surface area contributed by atoms with E-state index in [1.807, 2.05) is 77.7 Å². The molecule has 28 heavy (non-hydrogen) atoms. The summed E-state index contributed by atoms with van der Waals surface area (Å²) in [5.74, 6) is 0.305. The molecule has 1 amide bonds. The van der Waals surface area contributed by atoms with E-state index < -0.39 is 0 Å². The number of hydrogen-bond donors (Lipinski definition) is 1. The van der Waals surface area contributed by atoms with Crippen LogP contribution in [0.3, 0.4) is 0 Å². The van der Waals surface area contributed by atoms with Gasteiger partial charge in [0.25, 0.3) is 0 Å². The van der Waals surface area contributed by atoms with Crippen LogP contribution in [-0.2, 0) is 4.79 Å². The quantitative estimate of drug-likeness (QED) is 0.451. The zero-order chi connectivity index (χ0) is 19.8. The Labute approximate surface area is 171 Å². The summed E-state index contributed by atoms with van der Waals surface area (Å²) >= 11 is 1.56. The number of amides is 1. The van der Waals surface area contributed by atoms with Crippen molar-refractivity contribution >= 4 is 29.0 Å². The molecule has 3 rings (SSSR count). The van der Waals surface area contributed by atoms with Crippen LogP contribution < -0.4 is 4.90 Å². The molecule has 0 fully saturated rings. The van der Waals surface area contributed by atoms with Crippen molar-refractivity contribution in [3.8, 4) is 5.75 Å². The summed E-state index contributed by atoms with van der Waals surface area (Å²) in [5, 5.41) is 9.34. The first-order chi connectivity index (χ1) is 13.7. The molecule has 3 aromatic carbocycles. The lowest BCUT2D eigenvalue weighted by Gasteiger charge is -2.27. The van der Waals surface area contributed by atoms with Gasteiger partial charge in [0.05, 0.1) is 5.25 Å². The minimum absolute atomic E-state index is 0.0731. The Morgan fingerprint density at radius 2 is 1.43 bits per heavy atom. The number of phenolic OH excluding ortho intramolecular Hbond substituents is 1. The summed E-state index contributed by atoms with van der Waals surface area (Å²) in [6.07, 6.45) is 2.83. The fourth-order valence-corrected chi connectivity index (χ4v) is 4.13. The van der Waals surface area contributed by atoms with E-state index in [0.717, 1.165) is 35.5 Å². The number of rotatable bonds is 8. The van der Waals surface area contributed by atoms with Gasteiger partial charge in [0.15, 0.2) is 0 Å². The van der Waals surface area contributed by atoms with Crippen molar-refractivity contribution in [3.63, 3.8) is 0 Å². The molecular formula is C24H25NO2S. The predicted octanol–water partition coefficient (Wildman–Crippen LogP) is 6.41. The van der Waals surface area contributed by atoms with E-state index in [1.54, 1.807) is 23.9 Å². The summed E-state index contributed by atoms with van der Waals surface area (Å²) in [5.41, 5.74) is 1.73. The second-order valence-electron chi connectivity index (χ2n) is 6.59. The van der Waals surface area contributed by atoms with Gasteiger partial charge in [-0.3, -0.25) is 9.69 Å². The summed E-state index contributed by atoms with van der Waals surface area (Å²) in [4.78, 5) is 16.5. The number of phenols is 1. The molecule has 1 unspecified atom stereocenters. The van der Waals surface area contributed by atoms with Gasteiger partial charge in [-0.25, -0.2) is 0 Å². The van der Waals surface area contributed by atoms with Crippen LogP contribution in [0.25, 0.3) is 0 Å². The van der Waals surface area contributed by atoms with E-state index in [0.29, 0.717) is 0 Å². The molecule has 144 valence electrons. The van der Waals surface area contributed by atoms with Gasteiger partial charge in [-0.15, -0.1) is 11.8 Å². The normalized spacial score (nSPS) is 11.8. The van der Waals surface area contributed by atoms with Crippen molar-refractivity contribution < 1.29 is 9.90 Å². The number of nitrogens with zero attached hydrogens (tertiary/aromatic N) is 1. The Balaban J connectivity index is 1.93. The van der Waals surface area contributed by atoms with E-state index in [1.165, 1.54) is 0 Å². The topological polar surface area (TPSA) is 40.5 Å². The molecule has 1 atom stereocenters. The highest BCUT2D eigenvalue weighted by Crippen LogP contribution is 2.33. The summed E-state index contributed by atoms with van der Waals surface area (Å²) in [7, 11) is 0. The van der Waals surface area contributed by atoms with Crippen molar-refractivity contribution in [2.24, 2.45) is 0 Å². The summed E-state index contributed by atoms with van der Waals surface area (Å²) < 4.78 is 0. The number of unbranched alkanes of at least 4 members (excludes halogenated alkanes) is 1. The van der Waals surface area contributed by atoms with Crippen LogP contribution in [0.1, 0.15) is 26.2 Å². The van der Waals surface area contributed by atoms with Crippen LogP contribution >= 0.6 is 11.8 Å². The minimum Gasteiger partial charge on any atom is -0.508 e. The van der Waals surface area contributed by atoms with Crippen LogP contribution in [0.5, 0.6) is 5.75 Å². The van der Waals surface area contributed by atoms with E-state index in [2.05, 4.69) is 6.92 Å². The molecule has 3 nitrogen and oxygen atoms in total. The maximum Gasteiger partial charge on any atom is 0.245 e. The number of hydrogen-bond acceptors (Lipinski definition) is 3. The van der Waals surface area contributed by atoms with Crippen molar-refractivity contribution in [1.29, 1.82) is 0 Å². The Hall–Kier alpha value is -2.72. The molecule has 4 heteroatoms. The van der Waals surface area contributed by atoms with Gasteiger partial charge in [-0.1, -0.05) is 56.2 Å². The van der Waals surface area contributed by atoms with Gasteiger partial charge in [-0.05, 0) is 55.0 Å². The van der Waals surface area contributed by atoms with Crippen molar-refractivity contribution in [2.45, 2.75) is 36.3 Å². The molecule has 0 aliphatic rings. The largest absolute Gasteiger partial charge is 0.508 e. The van der Waals surface area contributed by atoms with Crippen LogP contribution in [-0.4, -0.2) is 16.3 Å². The van der Waals surface area contributed by atoms with Gasteiger partial charge < -0.3 is 5.11 Å². The maximum atomic E-state index is 13.7. The number of anilines is 2. The zero-order valence-corrected chi connectivity index (χ0v) is 16.8. The molecule has 0 bridgehead atoms. The highest BCUT2D eigenvalue weighted by Gasteiger charge is 2.27. The van der Waals surface area contributed by atoms with E-state index in [-0.39, 0.29) is 16.9 Å². The first-order valence-corrected chi connectivity index (χ1v) is 10.5. The molecule has 0 radical (unpaired) electrons. The maximum absolute atomic E-state index is 13.7. The Morgan fingerprint density at radius 1 is 0.893 bits per heavy atom. The van der Waals surface area contributed by atoms with Crippen LogP contribution in [0.4, 0.5) is 11.4 Å². The lowest BCUT2D eigenvalue weighted by molar-refractivity contribution is -0.117. The second kappa shape index (κ2) is 10.00. The Kier molecular flexibility index (Phi) is 7.15. The second-order valence-corrected chi connectivity index (χ2v) is 7.86. The average Bonchev–Trinajstić information content (AvgIpc) is 2.74. The van der Waals surface area contributed by atoms with Crippen molar-refractivity contribution in [3.05, 3.63) is 84.9 Å². The molecule has 0 saturated carbocycles. The SMILES string of the molecule is CCCCC(Sc1ccc(O)cc1)C(=O)N(c1ccccc1)c1ccccc1. The van der Waals surface area contributed by atoms with Gasteiger partial charge in [-0.2, -0.15) is 0 Å². The third-order valence-corrected chi connectivity index (χ3v) is 5.73. The average molecular weight is 392 g/mol. The first-order valence-electron chi connectivity index (χ1n) is 9.59. The van der Waals surface area contributed by atoms with E-state index in [4.69, 9.17) is 0 Å².